The molecule has 1 amide bonds. The molecule has 0 fully saturated rings. The average molecular weight is 296 g/mol. The predicted octanol–water partition coefficient (Wildman–Crippen LogP) is 2.16. The Morgan fingerprint density at radius 1 is 1.14 bits per heavy atom. The number of rotatable bonds is 4. The van der Waals surface area contributed by atoms with Crippen molar-refractivity contribution in [3.05, 3.63) is 65.2 Å². The Bertz CT molecular complexity index is 667. The maximum Gasteiger partial charge on any atom is 0.225 e. The molecule has 2 aromatic rings. The van der Waals surface area contributed by atoms with Gasteiger partial charge in [-0.05, 0) is 29.2 Å². The molecule has 1 heterocycles. The summed E-state index contributed by atoms with van der Waals surface area (Å²) in [4.78, 5) is 13.9. The zero-order chi connectivity index (χ0) is 15.5. The van der Waals surface area contributed by atoms with Gasteiger partial charge in [0.15, 0.2) is 0 Å². The number of hydrogen-bond donors (Lipinski definition) is 2. The number of para-hydroxylation sites is 1. The van der Waals surface area contributed by atoms with E-state index in [1.807, 2.05) is 48.5 Å². The highest BCUT2D eigenvalue weighted by Crippen LogP contribution is 2.35. The lowest BCUT2D eigenvalue weighted by molar-refractivity contribution is -0.119. The van der Waals surface area contributed by atoms with Crippen LogP contribution >= 0.6 is 0 Å². The molecular weight excluding hydrogens is 276 g/mol. The number of anilines is 1. The molecule has 0 saturated carbocycles. The molecule has 2 aromatic carbocycles. The van der Waals surface area contributed by atoms with Gasteiger partial charge in [-0.2, -0.15) is 0 Å². The van der Waals surface area contributed by atoms with Gasteiger partial charge >= 0.3 is 0 Å². The molecule has 0 bridgehead atoms. The van der Waals surface area contributed by atoms with Crippen LogP contribution in [0.15, 0.2) is 48.5 Å². The van der Waals surface area contributed by atoms with Crippen LogP contribution in [-0.4, -0.2) is 17.6 Å². The summed E-state index contributed by atoms with van der Waals surface area (Å²) in [6.45, 7) is 1.66. The summed E-state index contributed by atoms with van der Waals surface area (Å²) >= 11 is 0. The van der Waals surface area contributed by atoms with E-state index in [9.17, 15) is 4.79 Å². The molecule has 3 N–H and O–H groups in total. The Morgan fingerprint density at radius 2 is 1.82 bits per heavy atom. The van der Waals surface area contributed by atoms with Crippen molar-refractivity contribution < 1.29 is 9.90 Å². The number of nitrogens with zero attached hydrogens (tertiary/aromatic N) is 1. The van der Waals surface area contributed by atoms with E-state index < -0.39 is 0 Å². The molecular formula is C18H20N2O2. The van der Waals surface area contributed by atoms with Gasteiger partial charge in [0, 0.05) is 18.8 Å². The molecule has 4 heteroatoms. The quantitative estimate of drug-likeness (QED) is 0.908. The Balaban J connectivity index is 1.85. The van der Waals surface area contributed by atoms with Gasteiger partial charge < -0.3 is 15.7 Å². The minimum Gasteiger partial charge on any atom is -0.392 e. The number of aliphatic hydroxyl groups excluding tert-OH is 1. The fraction of sp³-hybridized carbons (Fsp3) is 0.278. The van der Waals surface area contributed by atoms with E-state index in [4.69, 9.17) is 10.8 Å². The highest BCUT2D eigenvalue weighted by atomic mass is 16.3. The van der Waals surface area contributed by atoms with Crippen LogP contribution in [0.2, 0.25) is 0 Å². The maximum absolute atomic E-state index is 11.6. The van der Waals surface area contributed by atoms with E-state index in [2.05, 4.69) is 4.90 Å². The van der Waals surface area contributed by atoms with Crippen molar-refractivity contribution in [1.82, 2.24) is 0 Å². The normalized spacial score (nSPS) is 17.1. The lowest BCUT2D eigenvalue weighted by Crippen LogP contribution is -2.35. The van der Waals surface area contributed by atoms with Gasteiger partial charge in [-0.25, -0.2) is 0 Å². The van der Waals surface area contributed by atoms with Gasteiger partial charge in [0.25, 0.3) is 0 Å². The van der Waals surface area contributed by atoms with Crippen molar-refractivity contribution in [3.63, 3.8) is 0 Å². The number of primary amides is 1. The first-order valence-corrected chi connectivity index (χ1v) is 7.51. The largest absolute Gasteiger partial charge is 0.392 e. The first-order chi connectivity index (χ1) is 10.7. The molecule has 22 heavy (non-hydrogen) atoms. The standard InChI is InChI=1S/C18H20N2O2/c19-18(22)16-9-10-20(17-4-2-1-3-15(16)17)11-13-5-7-14(12-21)8-6-13/h1-8,16,21H,9-12H2,(H2,19,22). The molecule has 1 aliphatic rings. The van der Waals surface area contributed by atoms with Gasteiger partial charge in [0.2, 0.25) is 5.91 Å². The summed E-state index contributed by atoms with van der Waals surface area (Å²) in [5.74, 6) is -0.441. The smallest absolute Gasteiger partial charge is 0.225 e. The number of nitrogens with two attached hydrogens (primary N) is 1. The summed E-state index contributed by atoms with van der Waals surface area (Å²) in [6.07, 6.45) is 0.751. The van der Waals surface area contributed by atoms with E-state index >= 15 is 0 Å². The second kappa shape index (κ2) is 6.20. The van der Waals surface area contributed by atoms with Crippen LogP contribution in [0.5, 0.6) is 0 Å². The van der Waals surface area contributed by atoms with E-state index in [1.165, 1.54) is 5.56 Å². The second-order valence-electron chi connectivity index (χ2n) is 5.70. The van der Waals surface area contributed by atoms with Crippen molar-refractivity contribution >= 4 is 11.6 Å². The molecule has 114 valence electrons. The van der Waals surface area contributed by atoms with Crippen molar-refractivity contribution in [2.24, 2.45) is 5.73 Å². The molecule has 1 aliphatic heterocycles. The lowest BCUT2D eigenvalue weighted by Gasteiger charge is -2.34. The fourth-order valence-corrected chi connectivity index (χ4v) is 3.06. The monoisotopic (exact) mass is 296 g/mol. The lowest BCUT2D eigenvalue weighted by atomic mass is 9.89. The van der Waals surface area contributed by atoms with E-state index in [0.717, 1.165) is 36.3 Å². The molecule has 1 atom stereocenters. The number of benzene rings is 2. The molecule has 0 spiro atoms. The Kier molecular flexibility index (Phi) is 4.11. The zero-order valence-corrected chi connectivity index (χ0v) is 12.4. The van der Waals surface area contributed by atoms with Crippen LogP contribution in [0.1, 0.15) is 29.0 Å². The van der Waals surface area contributed by atoms with Gasteiger partial charge in [-0.15, -0.1) is 0 Å². The average Bonchev–Trinajstić information content (AvgIpc) is 2.55. The van der Waals surface area contributed by atoms with Gasteiger partial charge in [-0.1, -0.05) is 42.5 Å². The number of fused-ring (bicyclic) bond motifs is 1. The second-order valence-corrected chi connectivity index (χ2v) is 5.70. The molecule has 1 unspecified atom stereocenters. The topological polar surface area (TPSA) is 66.6 Å². The molecule has 4 nitrogen and oxygen atoms in total. The van der Waals surface area contributed by atoms with Crippen molar-refractivity contribution in [3.8, 4) is 0 Å². The molecule has 0 saturated heterocycles. The summed E-state index contributed by atoms with van der Waals surface area (Å²) in [5.41, 5.74) is 9.74. The van der Waals surface area contributed by atoms with Crippen molar-refractivity contribution in [1.29, 1.82) is 0 Å². The van der Waals surface area contributed by atoms with Crippen LogP contribution < -0.4 is 10.6 Å². The third-order valence-corrected chi connectivity index (χ3v) is 4.26. The van der Waals surface area contributed by atoms with Crippen LogP contribution in [0.25, 0.3) is 0 Å². The summed E-state index contributed by atoms with van der Waals surface area (Å²) in [7, 11) is 0. The van der Waals surface area contributed by atoms with Gasteiger partial charge in [0.05, 0.1) is 12.5 Å². The van der Waals surface area contributed by atoms with Gasteiger partial charge in [-0.3, -0.25) is 4.79 Å². The zero-order valence-electron chi connectivity index (χ0n) is 12.4. The highest BCUT2D eigenvalue weighted by Gasteiger charge is 2.28. The van der Waals surface area contributed by atoms with Crippen LogP contribution in [0, 0.1) is 0 Å². The first-order valence-electron chi connectivity index (χ1n) is 7.51. The minimum atomic E-state index is -0.251. The predicted molar refractivity (Wildman–Crippen MR) is 86.4 cm³/mol. The molecule has 0 radical (unpaired) electrons. The van der Waals surface area contributed by atoms with Crippen molar-refractivity contribution in [2.45, 2.75) is 25.5 Å². The fourth-order valence-electron chi connectivity index (χ4n) is 3.06. The summed E-state index contributed by atoms with van der Waals surface area (Å²) in [6, 6.07) is 15.9. The SMILES string of the molecule is NC(=O)C1CCN(Cc2ccc(CO)cc2)c2ccccc21. The van der Waals surface area contributed by atoms with Crippen LogP contribution in [0.3, 0.4) is 0 Å². The number of carbonyl (C=O) groups is 1. The number of carbonyl (C=O) groups excluding carboxylic acids is 1. The van der Waals surface area contributed by atoms with Crippen molar-refractivity contribution in [2.75, 3.05) is 11.4 Å². The van der Waals surface area contributed by atoms with Crippen LogP contribution in [-0.2, 0) is 17.9 Å². The number of hydrogen-bond acceptors (Lipinski definition) is 3. The number of amides is 1. The Hall–Kier alpha value is -2.33. The molecule has 0 aromatic heterocycles. The third-order valence-electron chi connectivity index (χ3n) is 4.26. The van der Waals surface area contributed by atoms with Gasteiger partial charge in [0.1, 0.15) is 0 Å². The molecule has 3 rings (SSSR count). The van der Waals surface area contributed by atoms with E-state index in [1.54, 1.807) is 0 Å². The Labute approximate surface area is 130 Å². The maximum atomic E-state index is 11.6. The third kappa shape index (κ3) is 2.83. The van der Waals surface area contributed by atoms with E-state index in [0.29, 0.717) is 0 Å². The molecule has 0 aliphatic carbocycles. The van der Waals surface area contributed by atoms with Crippen LogP contribution in [0.4, 0.5) is 5.69 Å². The number of aliphatic hydroxyl groups is 1. The summed E-state index contributed by atoms with van der Waals surface area (Å²) < 4.78 is 0. The first kappa shape index (κ1) is 14.6. The van der Waals surface area contributed by atoms with E-state index in [-0.39, 0.29) is 18.4 Å². The highest BCUT2D eigenvalue weighted by molar-refractivity contribution is 5.85. The Morgan fingerprint density at radius 3 is 2.50 bits per heavy atom. The minimum absolute atomic E-state index is 0.0626. The summed E-state index contributed by atoms with van der Waals surface area (Å²) in [5, 5.41) is 9.11.